The van der Waals surface area contributed by atoms with Gasteiger partial charge in [-0.1, -0.05) is 48.2 Å². The molecule has 0 aliphatic heterocycles. The smallest absolute Gasteiger partial charge is 0.311 e. The molecule has 0 aliphatic rings. The van der Waals surface area contributed by atoms with E-state index in [1.54, 1.807) is 4.90 Å². The molecule has 1 amide bonds. The first kappa shape index (κ1) is 21.4. The predicted molar refractivity (Wildman–Crippen MR) is 118 cm³/mol. The van der Waals surface area contributed by atoms with E-state index >= 15 is 0 Å². The molecule has 2 aromatic carbocycles. The molecule has 7 nitrogen and oxygen atoms in total. The Morgan fingerprint density at radius 2 is 1.97 bits per heavy atom. The highest BCUT2D eigenvalue weighted by molar-refractivity contribution is 7.99. The van der Waals surface area contributed by atoms with Gasteiger partial charge < -0.3 is 4.90 Å². The number of hydrogen-bond donors (Lipinski definition) is 1. The summed E-state index contributed by atoms with van der Waals surface area (Å²) in [4.78, 5) is 26.7. The van der Waals surface area contributed by atoms with E-state index in [9.17, 15) is 9.59 Å². The normalized spacial score (nSPS) is 10.6. The van der Waals surface area contributed by atoms with Gasteiger partial charge in [0.05, 0.1) is 24.8 Å². The molecule has 1 N–H and O–H groups in total. The van der Waals surface area contributed by atoms with Crippen molar-refractivity contribution in [2.24, 2.45) is 0 Å². The van der Waals surface area contributed by atoms with Crippen LogP contribution >= 0.6 is 11.8 Å². The van der Waals surface area contributed by atoms with Crippen molar-refractivity contribution in [3.8, 4) is 6.07 Å². The highest BCUT2D eigenvalue weighted by Gasteiger charge is 2.18. The lowest BCUT2D eigenvalue weighted by Crippen LogP contribution is -2.33. The standard InChI is InChI=1S/C22H23N5O2S/c1-16-9-10-19(13-17(16)2)26(12-6-11-23)20(28)15-30-22-25-24-21(29)27(22)14-18-7-4-3-5-8-18/h3-5,7-10,13H,6,12,14-15H2,1-2H3,(H,24,29). The van der Waals surface area contributed by atoms with E-state index in [1.807, 2.05) is 62.4 Å². The van der Waals surface area contributed by atoms with Crippen LogP contribution in [-0.2, 0) is 11.3 Å². The molecular weight excluding hydrogens is 398 g/mol. The molecule has 154 valence electrons. The minimum atomic E-state index is -0.315. The van der Waals surface area contributed by atoms with Crippen molar-refractivity contribution in [3.05, 3.63) is 75.7 Å². The van der Waals surface area contributed by atoms with Crippen LogP contribution in [0.2, 0.25) is 0 Å². The lowest BCUT2D eigenvalue weighted by atomic mass is 10.1. The van der Waals surface area contributed by atoms with E-state index < -0.39 is 0 Å². The van der Waals surface area contributed by atoms with Gasteiger partial charge in [-0.05, 0) is 42.7 Å². The van der Waals surface area contributed by atoms with E-state index in [-0.39, 0.29) is 23.8 Å². The van der Waals surface area contributed by atoms with Crippen LogP contribution in [0.3, 0.4) is 0 Å². The summed E-state index contributed by atoms with van der Waals surface area (Å²) in [7, 11) is 0. The molecule has 0 aliphatic carbocycles. The Kier molecular flexibility index (Phi) is 7.09. The SMILES string of the molecule is Cc1ccc(N(CCC#N)C(=O)CSc2n[nH]c(=O)n2Cc2ccccc2)cc1C. The average Bonchev–Trinajstić information content (AvgIpc) is 3.09. The minimum Gasteiger partial charge on any atom is -0.311 e. The van der Waals surface area contributed by atoms with E-state index in [4.69, 9.17) is 5.26 Å². The molecule has 30 heavy (non-hydrogen) atoms. The summed E-state index contributed by atoms with van der Waals surface area (Å²) in [6, 6.07) is 17.5. The number of aryl methyl sites for hydroxylation is 2. The number of carbonyl (C=O) groups excluding carboxylic acids is 1. The molecule has 1 heterocycles. The first-order valence-electron chi connectivity index (χ1n) is 9.56. The molecule has 0 atom stereocenters. The van der Waals surface area contributed by atoms with Gasteiger partial charge in [0.2, 0.25) is 5.91 Å². The number of benzene rings is 2. The summed E-state index contributed by atoms with van der Waals surface area (Å²) < 4.78 is 1.52. The number of aromatic nitrogens is 3. The number of nitrogens with one attached hydrogen (secondary N) is 1. The first-order chi connectivity index (χ1) is 14.5. The second-order valence-electron chi connectivity index (χ2n) is 6.89. The Morgan fingerprint density at radius 1 is 1.20 bits per heavy atom. The molecule has 0 saturated carbocycles. The summed E-state index contributed by atoms with van der Waals surface area (Å²) in [6.07, 6.45) is 0.241. The number of nitriles is 1. The lowest BCUT2D eigenvalue weighted by Gasteiger charge is -2.22. The maximum atomic E-state index is 13.0. The van der Waals surface area contributed by atoms with E-state index in [0.29, 0.717) is 18.2 Å². The fourth-order valence-electron chi connectivity index (χ4n) is 2.98. The number of H-pyrrole nitrogens is 1. The zero-order valence-electron chi connectivity index (χ0n) is 17.0. The summed E-state index contributed by atoms with van der Waals surface area (Å²) >= 11 is 1.21. The number of hydrogen-bond acceptors (Lipinski definition) is 5. The number of carbonyl (C=O) groups is 1. The van der Waals surface area contributed by atoms with E-state index in [2.05, 4.69) is 16.3 Å². The first-order valence-corrected chi connectivity index (χ1v) is 10.5. The molecule has 0 bridgehead atoms. The van der Waals surface area contributed by atoms with Gasteiger partial charge >= 0.3 is 5.69 Å². The van der Waals surface area contributed by atoms with Crippen molar-refractivity contribution in [2.75, 3.05) is 17.2 Å². The third kappa shape index (κ3) is 5.19. The third-order valence-electron chi connectivity index (χ3n) is 4.78. The van der Waals surface area contributed by atoms with Crippen LogP contribution in [0.15, 0.2) is 58.5 Å². The van der Waals surface area contributed by atoms with Gasteiger partial charge in [-0.3, -0.25) is 9.36 Å². The molecule has 1 aromatic heterocycles. The Morgan fingerprint density at radius 3 is 2.67 bits per heavy atom. The van der Waals surface area contributed by atoms with E-state index in [1.165, 1.54) is 16.3 Å². The molecule has 0 saturated heterocycles. The Bertz CT molecular complexity index is 1110. The number of amides is 1. The van der Waals surface area contributed by atoms with Gasteiger partial charge in [0.25, 0.3) is 0 Å². The van der Waals surface area contributed by atoms with Crippen molar-refractivity contribution in [1.29, 1.82) is 5.26 Å². The van der Waals surface area contributed by atoms with Crippen LogP contribution in [-0.4, -0.2) is 33.0 Å². The fraction of sp³-hybridized carbons (Fsp3) is 0.273. The van der Waals surface area contributed by atoms with Crippen LogP contribution < -0.4 is 10.6 Å². The topological polar surface area (TPSA) is 94.8 Å². The van der Waals surface area contributed by atoms with Crippen molar-refractivity contribution in [3.63, 3.8) is 0 Å². The molecule has 0 radical (unpaired) electrons. The van der Waals surface area contributed by atoms with Crippen LogP contribution in [0.5, 0.6) is 0 Å². The van der Waals surface area contributed by atoms with Gasteiger partial charge in [0.1, 0.15) is 0 Å². The Hall–Kier alpha value is -3.31. The maximum Gasteiger partial charge on any atom is 0.344 e. The van der Waals surface area contributed by atoms with Gasteiger partial charge in [0.15, 0.2) is 5.16 Å². The maximum absolute atomic E-state index is 13.0. The van der Waals surface area contributed by atoms with Crippen LogP contribution in [0, 0.1) is 25.2 Å². The second-order valence-corrected chi connectivity index (χ2v) is 7.84. The monoisotopic (exact) mass is 421 g/mol. The van der Waals surface area contributed by atoms with Crippen molar-refractivity contribution in [1.82, 2.24) is 14.8 Å². The van der Waals surface area contributed by atoms with Gasteiger partial charge in [0, 0.05) is 12.2 Å². The fourth-order valence-corrected chi connectivity index (χ4v) is 3.80. The molecular formula is C22H23N5O2S. The van der Waals surface area contributed by atoms with Crippen molar-refractivity contribution in [2.45, 2.75) is 32.0 Å². The second kappa shape index (κ2) is 9.94. The number of aromatic amines is 1. The van der Waals surface area contributed by atoms with Crippen LogP contribution in [0.25, 0.3) is 0 Å². The van der Waals surface area contributed by atoms with E-state index in [0.717, 1.165) is 22.4 Å². The number of rotatable bonds is 8. The number of nitrogens with zero attached hydrogens (tertiary/aromatic N) is 4. The number of anilines is 1. The Labute approximate surface area is 179 Å². The lowest BCUT2D eigenvalue weighted by molar-refractivity contribution is -0.116. The number of thioether (sulfide) groups is 1. The quantitative estimate of drug-likeness (QED) is 0.563. The Balaban J connectivity index is 1.75. The highest BCUT2D eigenvalue weighted by atomic mass is 32.2. The summed E-state index contributed by atoms with van der Waals surface area (Å²) in [5.41, 5.74) is 3.65. The molecule has 8 heteroatoms. The summed E-state index contributed by atoms with van der Waals surface area (Å²) in [5.74, 6) is -0.0301. The molecule has 3 aromatic rings. The van der Waals surface area contributed by atoms with Crippen LogP contribution in [0.1, 0.15) is 23.1 Å². The molecule has 0 spiro atoms. The molecule has 0 fully saturated rings. The molecule has 3 rings (SSSR count). The van der Waals surface area contributed by atoms with Crippen LogP contribution in [0.4, 0.5) is 5.69 Å². The van der Waals surface area contributed by atoms with Gasteiger partial charge in [-0.25, -0.2) is 9.89 Å². The predicted octanol–water partition coefficient (Wildman–Crippen LogP) is 3.28. The average molecular weight is 422 g/mol. The molecule has 0 unspecified atom stereocenters. The van der Waals surface area contributed by atoms with Gasteiger partial charge in [-0.15, -0.1) is 5.10 Å². The minimum absolute atomic E-state index is 0.109. The summed E-state index contributed by atoms with van der Waals surface area (Å²) in [5, 5.41) is 16.0. The zero-order valence-corrected chi connectivity index (χ0v) is 17.8. The van der Waals surface area contributed by atoms with Crippen molar-refractivity contribution < 1.29 is 4.79 Å². The zero-order chi connectivity index (χ0) is 21.5. The summed E-state index contributed by atoms with van der Waals surface area (Å²) in [6.45, 7) is 4.70. The highest BCUT2D eigenvalue weighted by Crippen LogP contribution is 2.22. The largest absolute Gasteiger partial charge is 0.344 e. The third-order valence-corrected chi connectivity index (χ3v) is 5.74. The van der Waals surface area contributed by atoms with Crippen molar-refractivity contribution >= 4 is 23.4 Å². The van der Waals surface area contributed by atoms with Gasteiger partial charge in [-0.2, -0.15) is 5.26 Å².